The minimum absolute atomic E-state index is 0.0627. The molecule has 174 valence electrons. The first-order valence-corrected chi connectivity index (χ1v) is 12.5. The van der Waals surface area contributed by atoms with Crippen LogP contribution in [0.3, 0.4) is 0 Å². The molecule has 0 amide bonds. The monoisotopic (exact) mass is 467 g/mol. The molecule has 2 fully saturated rings. The van der Waals surface area contributed by atoms with Gasteiger partial charge in [0.15, 0.2) is 5.78 Å². The summed E-state index contributed by atoms with van der Waals surface area (Å²) >= 11 is 0. The van der Waals surface area contributed by atoms with E-state index in [2.05, 4.69) is 53.5 Å². The molecule has 2 aliphatic heterocycles. The van der Waals surface area contributed by atoms with Gasteiger partial charge in [0.25, 0.3) is 0 Å². The van der Waals surface area contributed by atoms with Crippen molar-refractivity contribution in [1.29, 1.82) is 10.5 Å². The van der Waals surface area contributed by atoms with Gasteiger partial charge in [-0.1, -0.05) is 91.0 Å². The van der Waals surface area contributed by atoms with Crippen LogP contribution in [0.25, 0.3) is 6.08 Å². The fraction of sp³-hybridized carbons (Fsp3) is 0.219. The van der Waals surface area contributed by atoms with Gasteiger partial charge in [0.05, 0.1) is 6.04 Å². The number of ketones is 1. The number of anilines is 1. The Balaban J connectivity index is 1.63. The van der Waals surface area contributed by atoms with Crippen molar-refractivity contribution in [2.24, 2.45) is 11.8 Å². The SMILES string of the molecule is N#CC(C#N)=C(C1CC1)[C@@H]1[C@@H](c2ccccc2)[C@H](C(=O)c2ccccc2)N2c3ccccc3C=C[C@H]12. The lowest BCUT2D eigenvalue weighted by molar-refractivity contribution is 0.0952. The van der Waals surface area contributed by atoms with Crippen molar-refractivity contribution < 1.29 is 4.79 Å². The molecule has 0 aromatic heterocycles. The average Bonchev–Trinajstić information content (AvgIpc) is 3.72. The van der Waals surface area contributed by atoms with E-state index in [9.17, 15) is 15.3 Å². The largest absolute Gasteiger partial charge is 0.353 e. The fourth-order valence-electron chi connectivity index (χ4n) is 6.23. The lowest BCUT2D eigenvalue weighted by Gasteiger charge is -2.36. The molecule has 3 aliphatic rings. The van der Waals surface area contributed by atoms with Crippen LogP contribution in [0, 0.1) is 34.5 Å². The highest BCUT2D eigenvalue weighted by Crippen LogP contribution is 2.56. The Morgan fingerprint density at radius 1 is 0.833 bits per heavy atom. The predicted molar refractivity (Wildman–Crippen MR) is 140 cm³/mol. The minimum atomic E-state index is -0.469. The van der Waals surface area contributed by atoms with Crippen molar-refractivity contribution >= 4 is 17.5 Å². The maximum atomic E-state index is 14.3. The van der Waals surface area contributed by atoms with E-state index < -0.39 is 6.04 Å². The highest BCUT2D eigenvalue weighted by molar-refractivity contribution is 6.04. The fourth-order valence-corrected chi connectivity index (χ4v) is 6.23. The molecule has 0 N–H and O–H groups in total. The Morgan fingerprint density at radius 3 is 2.14 bits per heavy atom. The number of carbonyl (C=O) groups is 1. The molecule has 1 aliphatic carbocycles. The third-order valence-electron chi connectivity index (χ3n) is 7.80. The third kappa shape index (κ3) is 3.55. The Labute approximate surface area is 211 Å². The van der Waals surface area contributed by atoms with E-state index >= 15 is 0 Å². The summed E-state index contributed by atoms with van der Waals surface area (Å²) in [5.74, 6) is -0.0790. The highest BCUT2D eigenvalue weighted by atomic mass is 16.1. The molecular weight excluding hydrogens is 442 g/mol. The molecule has 2 heterocycles. The first-order chi connectivity index (χ1) is 17.7. The van der Waals surface area contributed by atoms with Gasteiger partial charge >= 0.3 is 0 Å². The summed E-state index contributed by atoms with van der Waals surface area (Å²) in [5, 5.41) is 19.9. The summed E-state index contributed by atoms with van der Waals surface area (Å²) in [6.45, 7) is 0. The van der Waals surface area contributed by atoms with Crippen LogP contribution in [0.2, 0.25) is 0 Å². The summed E-state index contributed by atoms with van der Waals surface area (Å²) in [4.78, 5) is 16.6. The van der Waals surface area contributed by atoms with Gasteiger partial charge in [-0.15, -0.1) is 0 Å². The molecule has 36 heavy (non-hydrogen) atoms. The standard InChI is InChI=1S/C32H25N3O/c33-19-25(20-34)28(23-15-16-23)30-27-18-17-21-9-7-8-14-26(21)35(27)31(29(30)22-10-3-1-4-11-22)32(36)24-12-5-2-6-13-24/h1-14,17-18,23,27,29-31H,15-16H2/t27-,29-,30-,31-/m1/s1. The molecule has 0 bridgehead atoms. The van der Waals surface area contributed by atoms with Crippen molar-refractivity contribution in [3.63, 3.8) is 0 Å². The molecule has 3 aromatic carbocycles. The minimum Gasteiger partial charge on any atom is -0.353 e. The smallest absolute Gasteiger partial charge is 0.185 e. The summed E-state index contributed by atoms with van der Waals surface area (Å²) < 4.78 is 0. The molecule has 1 saturated heterocycles. The van der Waals surface area contributed by atoms with Crippen molar-refractivity contribution in [2.75, 3.05) is 4.90 Å². The van der Waals surface area contributed by atoms with Crippen LogP contribution < -0.4 is 4.90 Å². The van der Waals surface area contributed by atoms with Crippen LogP contribution >= 0.6 is 0 Å². The molecule has 6 rings (SSSR count). The number of hydrogen-bond acceptors (Lipinski definition) is 4. The first kappa shape index (κ1) is 22.1. The molecule has 4 atom stereocenters. The molecule has 4 nitrogen and oxygen atoms in total. The second-order valence-corrected chi connectivity index (χ2v) is 9.78. The molecule has 4 heteroatoms. The van der Waals surface area contributed by atoms with E-state index in [0.29, 0.717) is 5.56 Å². The van der Waals surface area contributed by atoms with E-state index in [0.717, 1.165) is 35.2 Å². The Hall–Kier alpha value is -4.41. The Morgan fingerprint density at radius 2 is 1.47 bits per heavy atom. The number of allylic oxidation sites excluding steroid dienone is 1. The van der Waals surface area contributed by atoms with Gasteiger partial charge in [-0.05, 0) is 41.5 Å². The van der Waals surface area contributed by atoms with Crippen molar-refractivity contribution in [3.05, 3.63) is 119 Å². The number of fused-ring (bicyclic) bond motifs is 3. The zero-order chi connectivity index (χ0) is 24.6. The summed E-state index contributed by atoms with van der Waals surface area (Å²) in [6, 6.07) is 31.6. The Kier molecular flexibility index (Phi) is 5.51. The number of para-hydroxylation sites is 1. The van der Waals surface area contributed by atoms with Gasteiger partial charge in [-0.2, -0.15) is 10.5 Å². The average molecular weight is 468 g/mol. The molecule has 0 unspecified atom stereocenters. The summed E-state index contributed by atoms with van der Waals surface area (Å²) in [6.07, 6.45) is 6.26. The lowest BCUT2D eigenvalue weighted by Crippen LogP contribution is -2.43. The van der Waals surface area contributed by atoms with E-state index in [1.807, 2.05) is 60.7 Å². The molecule has 1 saturated carbocycles. The van der Waals surface area contributed by atoms with Crippen molar-refractivity contribution in [2.45, 2.75) is 30.8 Å². The first-order valence-electron chi connectivity index (χ1n) is 12.5. The van der Waals surface area contributed by atoms with Gasteiger partial charge in [0, 0.05) is 23.1 Å². The van der Waals surface area contributed by atoms with E-state index in [-0.39, 0.29) is 35.2 Å². The maximum Gasteiger partial charge on any atom is 0.185 e. The number of benzene rings is 3. The van der Waals surface area contributed by atoms with Crippen molar-refractivity contribution in [1.82, 2.24) is 0 Å². The molecule has 3 aromatic rings. The number of nitrogens with zero attached hydrogens (tertiary/aromatic N) is 3. The van der Waals surface area contributed by atoms with E-state index in [4.69, 9.17) is 0 Å². The third-order valence-corrected chi connectivity index (χ3v) is 7.80. The van der Waals surface area contributed by atoms with Crippen molar-refractivity contribution in [3.8, 4) is 12.1 Å². The number of Topliss-reactive ketones (excluding diaryl/α,β-unsaturated/α-hetero) is 1. The van der Waals surface area contributed by atoms with Crippen LogP contribution in [0.5, 0.6) is 0 Å². The normalized spacial score (nSPS) is 23.7. The highest BCUT2D eigenvalue weighted by Gasteiger charge is 2.56. The van der Waals surface area contributed by atoms with Gasteiger partial charge in [-0.25, -0.2) is 0 Å². The van der Waals surface area contributed by atoms with E-state index in [1.165, 1.54) is 0 Å². The zero-order valence-electron chi connectivity index (χ0n) is 19.8. The van der Waals surface area contributed by atoms with E-state index in [1.54, 1.807) is 0 Å². The second kappa shape index (κ2) is 8.99. The van der Waals surface area contributed by atoms with Gasteiger partial charge in [-0.3, -0.25) is 4.79 Å². The van der Waals surface area contributed by atoms with Crippen LogP contribution in [-0.2, 0) is 0 Å². The second-order valence-electron chi connectivity index (χ2n) is 9.78. The van der Waals surface area contributed by atoms with Gasteiger partial charge in [0.2, 0.25) is 0 Å². The van der Waals surface area contributed by atoms with Crippen LogP contribution in [-0.4, -0.2) is 17.9 Å². The van der Waals surface area contributed by atoms with Crippen LogP contribution in [0.4, 0.5) is 5.69 Å². The number of hydrogen-bond donors (Lipinski definition) is 0. The van der Waals surface area contributed by atoms with Crippen LogP contribution in [0.15, 0.2) is 102 Å². The number of nitriles is 2. The quantitative estimate of drug-likeness (QED) is 0.326. The maximum absolute atomic E-state index is 14.3. The number of rotatable bonds is 5. The van der Waals surface area contributed by atoms with Crippen LogP contribution in [0.1, 0.15) is 40.2 Å². The van der Waals surface area contributed by atoms with Gasteiger partial charge < -0.3 is 4.90 Å². The lowest BCUT2D eigenvalue weighted by atomic mass is 9.73. The zero-order valence-corrected chi connectivity index (χ0v) is 19.8. The summed E-state index contributed by atoms with van der Waals surface area (Å²) in [5.41, 5.74) is 4.97. The summed E-state index contributed by atoms with van der Waals surface area (Å²) in [7, 11) is 0. The molecule has 0 spiro atoms. The topological polar surface area (TPSA) is 67.9 Å². The van der Waals surface area contributed by atoms with Gasteiger partial charge in [0.1, 0.15) is 23.8 Å². The number of carbonyl (C=O) groups excluding carboxylic acids is 1. The Bertz CT molecular complexity index is 1440. The molecular formula is C32H25N3O. The molecule has 0 radical (unpaired) electrons. The predicted octanol–water partition coefficient (Wildman–Crippen LogP) is 6.31.